The molecule has 0 spiro atoms. The molecule has 0 unspecified atom stereocenters. The molecule has 1 amide bonds. The summed E-state index contributed by atoms with van der Waals surface area (Å²) in [6.45, 7) is 0.930. The summed E-state index contributed by atoms with van der Waals surface area (Å²) in [5.41, 5.74) is 12.1. The molecule has 1 heterocycles. The summed E-state index contributed by atoms with van der Waals surface area (Å²) in [6.07, 6.45) is -0.381. The Kier molecular flexibility index (Phi) is 5.58. The van der Waals surface area contributed by atoms with Gasteiger partial charge in [0.2, 0.25) is 0 Å². The standard InChI is InChI=1S/C23H27F3N4O2/c24-23(25,26)16-5-8-19(18(13-16)29-20(32)15-3-6-17(31)7-4-15)30-12-11-21(27)9-1-2-10-22(21,28)14-30/h3-8,13,31H,1-2,9-12,14,27-28H2,(H,29,32)/t21-,22-/m0/s1. The Hall–Kier alpha value is -2.78. The number of rotatable bonds is 3. The number of alkyl halides is 3. The van der Waals surface area contributed by atoms with Crippen LogP contribution in [0.25, 0.3) is 0 Å². The summed E-state index contributed by atoms with van der Waals surface area (Å²) in [5.74, 6) is -0.587. The van der Waals surface area contributed by atoms with Crippen LogP contribution in [-0.4, -0.2) is 35.2 Å². The highest BCUT2D eigenvalue weighted by atomic mass is 19.4. The van der Waals surface area contributed by atoms with Crippen molar-refractivity contribution in [1.82, 2.24) is 0 Å². The average Bonchev–Trinajstić information content (AvgIpc) is 2.73. The van der Waals surface area contributed by atoms with Gasteiger partial charge in [0.25, 0.3) is 5.91 Å². The molecule has 2 aromatic carbocycles. The van der Waals surface area contributed by atoms with Gasteiger partial charge in [0.15, 0.2) is 0 Å². The quantitative estimate of drug-likeness (QED) is 0.571. The number of hydrogen-bond acceptors (Lipinski definition) is 5. The lowest BCUT2D eigenvalue weighted by molar-refractivity contribution is -0.137. The van der Waals surface area contributed by atoms with Crippen molar-refractivity contribution in [2.24, 2.45) is 11.5 Å². The molecule has 2 aromatic rings. The number of phenols is 1. The fourth-order valence-electron chi connectivity index (χ4n) is 4.84. The number of phenolic OH excluding ortho intramolecular Hbond substituents is 1. The second kappa shape index (κ2) is 7.97. The van der Waals surface area contributed by atoms with E-state index in [1.807, 2.05) is 4.90 Å². The number of piperidine rings is 1. The van der Waals surface area contributed by atoms with Gasteiger partial charge in [-0.2, -0.15) is 13.2 Å². The minimum Gasteiger partial charge on any atom is -0.508 e. The highest BCUT2D eigenvalue weighted by Gasteiger charge is 2.51. The molecule has 0 aromatic heterocycles. The van der Waals surface area contributed by atoms with E-state index < -0.39 is 28.7 Å². The summed E-state index contributed by atoms with van der Waals surface area (Å²) in [7, 11) is 0. The lowest BCUT2D eigenvalue weighted by Gasteiger charge is -2.56. The highest BCUT2D eigenvalue weighted by Crippen LogP contribution is 2.43. The van der Waals surface area contributed by atoms with Crippen molar-refractivity contribution in [3.63, 3.8) is 0 Å². The number of benzene rings is 2. The zero-order chi connectivity index (χ0) is 23.1. The van der Waals surface area contributed by atoms with Crippen molar-refractivity contribution in [2.75, 3.05) is 23.3 Å². The Bertz CT molecular complexity index is 1010. The van der Waals surface area contributed by atoms with E-state index in [0.29, 0.717) is 25.2 Å². The Labute approximate surface area is 184 Å². The van der Waals surface area contributed by atoms with Crippen LogP contribution in [0.4, 0.5) is 24.5 Å². The number of anilines is 2. The van der Waals surface area contributed by atoms with Crippen molar-refractivity contribution in [3.05, 3.63) is 53.6 Å². The lowest BCUT2D eigenvalue weighted by Crippen LogP contribution is -2.75. The first-order valence-electron chi connectivity index (χ1n) is 10.7. The Morgan fingerprint density at radius 1 is 1.00 bits per heavy atom. The molecule has 9 heteroatoms. The van der Waals surface area contributed by atoms with E-state index in [2.05, 4.69) is 5.32 Å². The molecule has 4 rings (SSSR count). The topological polar surface area (TPSA) is 105 Å². The van der Waals surface area contributed by atoms with Gasteiger partial charge < -0.3 is 26.8 Å². The molecular formula is C23H27F3N4O2. The number of fused-ring (bicyclic) bond motifs is 1. The molecule has 6 N–H and O–H groups in total. The lowest BCUT2D eigenvalue weighted by atomic mass is 9.64. The highest BCUT2D eigenvalue weighted by molar-refractivity contribution is 6.06. The summed E-state index contributed by atoms with van der Waals surface area (Å²) >= 11 is 0. The van der Waals surface area contributed by atoms with Crippen LogP contribution in [-0.2, 0) is 6.18 Å². The number of carbonyl (C=O) groups is 1. The third-order valence-corrected chi connectivity index (χ3v) is 6.83. The molecule has 2 aliphatic rings. The van der Waals surface area contributed by atoms with Crippen LogP contribution >= 0.6 is 0 Å². The maximum Gasteiger partial charge on any atom is 0.416 e. The Balaban J connectivity index is 1.67. The monoisotopic (exact) mass is 448 g/mol. The van der Waals surface area contributed by atoms with Gasteiger partial charge in [0.05, 0.1) is 22.5 Å². The number of nitrogens with one attached hydrogen (secondary N) is 1. The summed E-state index contributed by atoms with van der Waals surface area (Å²) in [4.78, 5) is 14.6. The second-order valence-electron chi connectivity index (χ2n) is 8.92. The second-order valence-corrected chi connectivity index (χ2v) is 8.92. The van der Waals surface area contributed by atoms with Crippen LogP contribution in [0.5, 0.6) is 5.75 Å². The van der Waals surface area contributed by atoms with Crippen LogP contribution in [0.3, 0.4) is 0 Å². The maximum absolute atomic E-state index is 13.4. The molecule has 0 bridgehead atoms. The van der Waals surface area contributed by atoms with E-state index in [0.717, 1.165) is 37.8 Å². The zero-order valence-electron chi connectivity index (χ0n) is 17.6. The number of nitrogens with zero attached hydrogens (tertiary/aromatic N) is 1. The van der Waals surface area contributed by atoms with Crippen molar-refractivity contribution < 1.29 is 23.1 Å². The van der Waals surface area contributed by atoms with Gasteiger partial charge in [0.1, 0.15) is 5.75 Å². The Morgan fingerprint density at radius 3 is 2.31 bits per heavy atom. The van der Waals surface area contributed by atoms with E-state index in [1.165, 1.54) is 30.3 Å². The third-order valence-electron chi connectivity index (χ3n) is 6.83. The van der Waals surface area contributed by atoms with Crippen LogP contribution in [0.1, 0.15) is 48.0 Å². The van der Waals surface area contributed by atoms with Crippen molar-refractivity contribution >= 4 is 17.3 Å². The third kappa shape index (κ3) is 4.14. The van der Waals surface area contributed by atoms with E-state index >= 15 is 0 Å². The smallest absolute Gasteiger partial charge is 0.416 e. The first-order valence-corrected chi connectivity index (χ1v) is 10.7. The minimum absolute atomic E-state index is 0.0133. The van der Waals surface area contributed by atoms with E-state index in [1.54, 1.807) is 0 Å². The van der Waals surface area contributed by atoms with Gasteiger partial charge in [-0.15, -0.1) is 0 Å². The summed E-state index contributed by atoms with van der Waals surface area (Å²) in [5, 5.41) is 12.0. The normalized spacial score (nSPS) is 25.8. The number of carbonyl (C=O) groups excluding carboxylic acids is 1. The summed E-state index contributed by atoms with van der Waals surface area (Å²) in [6, 6.07) is 8.83. The SMILES string of the molecule is N[C@]12CCCC[C@]1(N)CN(c1ccc(C(F)(F)F)cc1NC(=O)c1ccc(O)cc1)CC2. The molecule has 32 heavy (non-hydrogen) atoms. The van der Waals surface area contributed by atoms with Crippen LogP contribution in [0, 0.1) is 0 Å². The van der Waals surface area contributed by atoms with Gasteiger partial charge >= 0.3 is 6.18 Å². The number of aromatic hydroxyl groups is 1. The first kappa shape index (κ1) is 22.4. The van der Waals surface area contributed by atoms with Gasteiger partial charge in [-0.1, -0.05) is 12.8 Å². The number of halogens is 3. The molecule has 6 nitrogen and oxygen atoms in total. The largest absolute Gasteiger partial charge is 0.508 e. The van der Waals surface area contributed by atoms with Gasteiger partial charge in [0, 0.05) is 24.2 Å². The number of nitrogens with two attached hydrogens (primary N) is 2. The summed E-state index contributed by atoms with van der Waals surface area (Å²) < 4.78 is 40.2. The molecule has 1 saturated carbocycles. The van der Waals surface area contributed by atoms with Crippen molar-refractivity contribution in [2.45, 2.75) is 49.4 Å². The molecule has 1 aliphatic carbocycles. The molecule has 0 radical (unpaired) electrons. The maximum atomic E-state index is 13.4. The number of amides is 1. The van der Waals surface area contributed by atoms with E-state index in [9.17, 15) is 23.1 Å². The van der Waals surface area contributed by atoms with Gasteiger partial charge in [-0.25, -0.2) is 0 Å². The van der Waals surface area contributed by atoms with Crippen molar-refractivity contribution in [1.29, 1.82) is 0 Å². The number of hydrogen-bond donors (Lipinski definition) is 4. The predicted octanol–water partition coefficient (Wildman–Crippen LogP) is 3.84. The molecule has 172 valence electrons. The fourth-order valence-corrected chi connectivity index (χ4v) is 4.84. The molecule has 1 aliphatic heterocycles. The van der Waals surface area contributed by atoms with Gasteiger partial charge in [-0.05, 0) is 61.7 Å². The molecule has 2 atom stereocenters. The van der Waals surface area contributed by atoms with E-state index in [4.69, 9.17) is 11.5 Å². The average molecular weight is 448 g/mol. The first-order chi connectivity index (χ1) is 15.0. The Morgan fingerprint density at radius 2 is 1.66 bits per heavy atom. The van der Waals surface area contributed by atoms with Crippen molar-refractivity contribution in [3.8, 4) is 5.75 Å². The van der Waals surface area contributed by atoms with E-state index in [-0.39, 0.29) is 17.0 Å². The van der Waals surface area contributed by atoms with Crippen LogP contribution in [0.15, 0.2) is 42.5 Å². The molecule has 2 fully saturated rings. The van der Waals surface area contributed by atoms with Crippen LogP contribution in [0.2, 0.25) is 0 Å². The predicted molar refractivity (Wildman–Crippen MR) is 117 cm³/mol. The fraction of sp³-hybridized carbons (Fsp3) is 0.435. The minimum atomic E-state index is -4.55. The zero-order valence-corrected chi connectivity index (χ0v) is 17.6. The van der Waals surface area contributed by atoms with Gasteiger partial charge in [-0.3, -0.25) is 4.79 Å². The molecular weight excluding hydrogens is 421 g/mol. The van der Waals surface area contributed by atoms with Crippen LogP contribution < -0.4 is 21.7 Å². The molecule has 1 saturated heterocycles.